The van der Waals surface area contributed by atoms with E-state index in [-0.39, 0.29) is 6.42 Å². The largest absolute Gasteiger partial charge is 0.481 e. The van der Waals surface area contributed by atoms with Gasteiger partial charge in [-0.3, -0.25) is 4.79 Å². The van der Waals surface area contributed by atoms with Crippen LogP contribution < -0.4 is 4.90 Å². The number of rotatable bonds is 5. The van der Waals surface area contributed by atoms with Crippen molar-refractivity contribution in [1.82, 2.24) is 4.90 Å². The van der Waals surface area contributed by atoms with E-state index in [2.05, 4.69) is 23.9 Å². The van der Waals surface area contributed by atoms with Crippen molar-refractivity contribution in [2.75, 3.05) is 32.1 Å². The maximum atomic E-state index is 10.5. The number of aliphatic carboxylic acids is 1. The number of likely N-dealkylation sites (tertiary alicyclic amines) is 1. The molecule has 106 valence electrons. The standard InChI is InChI=1S/C14H22N2O3/c1-15-9-7-11(8-10-15)16(2)13-5-3-12(19-13)4-6-14(17)18/h3,5,11H,4,6-10H2,1-2H3,(H,17,18). The van der Waals surface area contributed by atoms with E-state index in [0.717, 1.165) is 37.6 Å². The molecule has 0 aromatic carbocycles. The smallest absolute Gasteiger partial charge is 0.303 e. The Hall–Kier alpha value is -1.49. The number of furan rings is 1. The first-order valence-corrected chi connectivity index (χ1v) is 6.78. The third-order valence-corrected chi connectivity index (χ3v) is 3.82. The second-order valence-electron chi connectivity index (χ2n) is 5.28. The summed E-state index contributed by atoms with van der Waals surface area (Å²) in [6, 6.07) is 4.33. The second-order valence-corrected chi connectivity index (χ2v) is 5.28. The number of hydrogen-bond acceptors (Lipinski definition) is 4. The lowest BCUT2D eigenvalue weighted by Gasteiger charge is -2.34. The first kappa shape index (κ1) is 13.9. The van der Waals surface area contributed by atoms with E-state index in [1.54, 1.807) is 0 Å². The van der Waals surface area contributed by atoms with Crippen LogP contribution in [0.2, 0.25) is 0 Å². The summed E-state index contributed by atoms with van der Waals surface area (Å²) in [6.45, 7) is 2.23. The maximum Gasteiger partial charge on any atom is 0.303 e. The lowest BCUT2D eigenvalue weighted by Crippen LogP contribution is -2.41. The summed E-state index contributed by atoms with van der Waals surface area (Å²) in [5, 5.41) is 8.66. The molecular formula is C14H22N2O3. The van der Waals surface area contributed by atoms with Crippen molar-refractivity contribution in [1.29, 1.82) is 0 Å². The Morgan fingerprint density at radius 2 is 2.16 bits per heavy atom. The Morgan fingerprint density at radius 3 is 2.79 bits per heavy atom. The predicted molar refractivity (Wildman–Crippen MR) is 73.6 cm³/mol. The molecule has 2 heterocycles. The van der Waals surface area contributed by atoms with E-state index in [4.69, 9.17) is 9.52 Å². The highest BCUT2D eigenvalue weighted by atomic mass is 16.4. The molecule has 5 heteroatoms. The highest BCUT2D eigenvalue weighted by molar-refractivity contribution is 5.66. The molecule has 0 aliphatic carbocycles. The van der Waals surface area contributed by atoms with Gasteiger partial charge in [-0.05, 0) is 39.0 Å². The molecule has 1 aliphatic heterocycles. The molecule has 0 saturated carbocycles. The minimum atomic E-state index is -0.790. The maximum absolute atomic E-state index is 10.5. The quantitative estimate of drug-likeness (QED) is 0.881. The van der Waals surface area contributed by atoms with Crippen molar-refractivity contribution in [2.24, 2.45) is 0 Å². The van der Waals surface area contributed by atoms with Crippen LogP contribution in [0.15, 0.2) is 16.5 Å². The molecule has 0 spiro atoms. The number of carboxylic acids is 1. The minimum Gasteiger partial charge on any atom is -0.481 e. The van der Waals surface area contributed by atoms with Crippen molar-refractivity contribution in [3.05, 3.63) is 17.9 Å². The van der Waals surface area contributed by atoms with Crippen molar-refractivity contribution in [2.45, 2.75) is 31.7 Å². The average molecular weight is 266 g/mol. The fourth-order valence-electron chi connectivity index (χ4n) is 2.48. The summed E-state index contributed by atoms with van der Waals surface area (Å²) in [6.07, 6.45) is 2.85. The number of nitrogens with zero attached hydrogens (tertiary/aromatic N) is 2. The third-order valence-electron chi connectivity index (χ3n) is 3.82. The Balaban J connectivity index is 1.92. The topological polar surface area (TPSA) is 56.9 Å². The lowest BCUT2D eigenvalue weighted by atomic mass is 10.0. The fraction of sp³-hybridized carbons (Fsp3) is 0.643. The number of aryl methyl sites for hydroxylation is 1. The zero-order chi connectivity index (χ0) is 13.8. The van der Waals surface area contributed by atoms with Crippen LogP contribution in [0, 0.1) is 0 Å². The summed E-state index contributed by atoms with van der Waals surface area (Å²) in [7, 11) is 4.20. The van der Waals surface area contributed by atoms with E-state index in [0.29, 0.717) is 12.5 Å². The van der Waals surface area contributed by atoms with E-state index in [9.17, 15) is 4.79 Å². The van der Waals surface area contributed by atoms with Gasteiger partial charge in [0.05, 0.1) is 6.42 Å². The van der Waals surface area contributed by atoms with Gasteiger partial charge in [-0.1, -0.05) is 0 Å². The molecule has 2 rings (SSSR count). The van der Waals surface area contributed by atoms with E-state index in [1.807, 2.05) is 12.1 Å². The van der Waals surface area contributed by atoms with Gasteiger partial charge in [0, 0.05) is 25.6 Å². The lowest BCUT2D eigenvalue weighted by molar-refractivity contribution is -0.137. The molecule has 1 aliphatic rings. The average Bonchev–Trinajstić information content (AvgIpc) is 2.85. The number of carboxylic acid groups (broad SMARTS) is 1. The molecule has 1 fully saturated rings. The molecule has 0 radical (unpaired) electrons. The Bertz CT molecular complexity index is 422. The van der Waals surface area contributed by atoms with Crippen LogP contribution in [0.4, 0.5) is 5.88 Å². The first-order valence-electron chi connectivity index (χ1n) is 6.78. The number of hydrogen-bond donors (Lipinski definition) is 1. The van der Waals surface area contributed by atoms with Crippen LogP contribution >= 0.6 is 0 Å². The Morgan fingerprint density at radius 1 is 1.47 bits per heavy atom. The molecular weight excluding hydrogens is 244 g/mol. The van der Waals surface area contributed by atoms with Crippen LogP contribution in [0.3, 0.4) is 0 Å². The van der Waals surface area contributed by atoms with Gasteiger partial charge in [-0.25, -0.2) is 0 Å². The number of anilines is 1. The van der Waals surface area contributed by atoms with Crippen LogP contribution in [-0.4, -0.2) is 49.2 Å². The van der Waals surface area contributed by atoms with Gasteiger partial charge >= 0.3 is 5.97 Å². The highest BCUT2D eigenvalue weighted by Gasteiger charge is 2.22. The van der Waals surface area contributed by atoms with E-state index >= 15 is 0 Å². The predicted octanol–water partition coefficient (Wildman–Crippen LogP) is 1.83. The van der Waals surface area contributed by atoms with Gasteiger partial charge in [0.1, 0.15) is 5.76 Å². The molecule has 1 aromatic rings. The van der Waals surface area contributed by atoms with Gasteiger partial charge in [0.15, 0.2) is 5.88 Å². The Kier molecular flexibility index (Phi) is 4.47. The molecule has 1 aromatic heterocycles. The SMILES string of the molecule is CN1CCC(N(C)c2ccc(CCC(=O)O)o2)CC1. The zero-order valence-corrected chi connectivity index (χ0v) is 11.6. The van der Waals surface area contributed by atoms with Gasteiger partial charge in [-0.2, -0.15) is 0 Å². The van der Waals surface area contributed by atoms with E-state index in [1.165, 1.54) is 0 Å². The zero-order valence-electron chi connectivity index (χ0n) is 11.6. The highest BCUT2D eigenvalue weighted by Crippen LogP contribution is 2.24. The minimum absolute atomic E-state index is 0.116. The van der Waals surface area contributed by atoms with Gasteiger partial charge in [0.2, 0.25) is 0 Å². The summed E-state index contributed by atoms with van der Waals surface area (Å²) in [5.41, 5.74) is 0. The van der Waals surface area contributed by atoms with Crippen molar-refractivity contribution < 1.29 is 14.3 Å². The fourth-order valence-corrected chi connectivity index (χ4v) is 2.48. The molecule has 0 atom stereocenters. The van der Waals surface area contributed by atoms with Crippen LogP contribution in [0.1, 0.15) is 25.0 Å². The summed E-state index contributed by atoms with van der Waals surface area (Å²) in [5.74, 6) is 0.800. The second kappa shape index (κ2) is 6.10. The molecule has 5 nitrogen and oxygen atoms in total. The van der Waals surface area contributed by atoms with Gasteiger partial charge in [-0.15, -0.1) is 0 Å². The molecule has 0 amide bonds. The number of piperidine rings is 1. The van der Waals surface area contributed by atoms with Crippen molar-refractivity contribution in [3.63, 3.8) is 0 Å². The van der Waals surface area contributed by atoms with Crippen molar-refractivity contribution >= 4 is 11.9 Å². The van der Waals surface area contributed by atoms with Crippen LogP contribution in [0.5, 0.6) is 0 Å². The molecule has 0 bridgehead atoms. The van der Waals surface area contributed by atoms with Crippen LogP contribution in [0.25, 0.3) is 0 Å². The molecule has 19 heavy (non-hydrogen) atoms. The summed E-state index contributed by atoms with van der Waals surface area (Å²) < 4.78 is 5.72. The van der Waals surface area contributed by atoms with E-state index < -0.39 is 5.97 Å². The Labute approximate surface area is 113 Å². The number of carbonyl (C=O) groups is 1. The van der Waals surface area contributed by atoms with Crippen molar-refractivity contribution in [3.8, 4) is 0 Å². The van der Waals surface area contributed by atoms with Crippen LogP contribution in [-0.2, 0) is 11.2 Å². The normalized spacial score (nSPS) is 17.6. The molecule has 1 N–H and O–H groups in total. The summed E-state index contributed by atoms with van der Waals surface area (Å²) in [4.78, 5) is 15.1. The molecule has 1 saturated heterocycles. The molecule has 0 unspecified atom stereocenters. The third kappa shape index (κ3) is 3.73. The van der Waals surface area contributed by atoms with Gasteiger partial charge < -0.3 is 19.3 Å². The summed E-state index contributed by atoms with van der Waals surface area (Å²) >= 11 is 0. The monoisotopic (exact) mass is 266 g/mol. The van der Waals surface area contributed by atoms with Gasteiger partial charge in [0.25, 0.3) is 0 Å². The first-order chi connectivity index (χ1) is 9.06.